The van der Waals surface area contributed by atoms with E-state index in [2.05, 4.69) is 29.1 Å². The summed E-state index contributed by atoms with van der Waals surface area (Å²) in [4.78, 5) is 15.0. The number of likely N-dealkylation sites (tertiary alicyclic amines) is 1. The molecular formula is C18H30N4O. The molecule has 1 saturated carbocycles. The molecule has 1 aliphatic heterocycles. The largest absolute Gasteiger partial charge is 0.334 e. The van der Waals surface area contributed by atoms with Gasteiger partial charge in [-0.3, -0.25) is 9.48 Å². The Kier molecular flexibility index (Phi) is 5.34. The summed E-state index contributed by atoms with van der Waals surface area (Å²) >= 11 is 0. The van der Waals surface area contributed by atoms with Gasteiger partial charge in [-0.15, -0.1) is 5.10 Å². The normalized spacial score (nSPS) is 22.9. The van der Waals surface area contributed by atoms with Gasteiger partial charge in [-0.2, -0.15) is 0 Å². The van der Waals surface area contributed by atoms with Crippen LogP contribution in [0.15, 0.2) is 6.20 Å². The summed E-state index contributed by atoms with van der Waals surface area (Å²) in [6.45, 7) is 6.12. The molecule has 0 N–H and O–H groups in total. The summed E-state index contributed by atoms with van der Waals surface area (Å²) in [5.74, 6) is 1.42. The van der Waals surface area contributed by atoms with E-state index in [4.69, 9.17) is 0 Å². The number of rotatable bonds is 5. The first-order valence-corrected chi connectivity index (χ1v) is 9.36. The fourth-order valence-corrected chi connectivity index (χ4v) is 4.10. The molecule has 2 heterocycles. The Morgan fingerprint density at radius 3 is 2.74 bits per heavy atom. The van der Waals surface area contributed by atoms with E-state index >= 15 is 0 Å². The molecule has 1 saturated heterocycles. The third-order valence-corrected chi connectivity index (χ3v) is 5.45. The highest BCUT2D eigenvalue weighted by Crippen LogP contribution is 2.34. The van der Waals surface area contributed by atoms with Crippen LogP contribution in [0.1, 0.15) is 75.7 Å². The summed E-state index contributed by atoms with van der Waals surface area (Å²) in [7, 11) is 0. The van der Waals surface area contributed by atoms with Crippen LogP contribution in [-0.2, 0) is 6.54 Å². The maximum atomic E-state index is 12.9. The zero-order chi connectivity index (χ0) is 16.2. The van der Waals surface area contributed by atoms with Crippen molar-refractivity contribution in [3.05, 3.63) is 11.9 Å². The lowest BCUT2D eigenvalue weighted by atomic mass is 9.83. The molecule has 1 aromatic rings. The number of nitrogens with zero attached hydrogens (tertiary/aromatic N) is 4. The van der Waals surface area contributed by atoms with E-state index in [1.807, 2.05) is 10.9 Å². The minimum atomic E-state index is 0.0915. The first-order chi connectivity index (χ1) is 11.1. The third-order valence-electron chi connectivity index (χ3n) is 5.45. The fourth-order valence-electron chi connectivity index (χ4n) is 4.10. The van der Waals surface area contributed by atoms with Crippen molar-refractivity contribution in [1.82, 2.24) is 19.9 Å². The Morgan fingerprint density at radius 2 is 2.00 bits per heavy atom. The van der Waals surface area contributed by atoms with Gasteiger partial charge in [0.15, 0.2) is 5.69 Å². The number of hydrogen-bond donors (Lipinski definition) is 0. The van der Waals surface area contributed by atoms with E-state index in [0.29, 0.717) is 23.6 Å². The van der Waals surface area contributed by atoms with E-state index < -0.39 is 0 Å². The van der Waals surface area contributed by atoms with Gasteiger partial charge in [0, 0.05) is 19.1 Å². The molecule has 2 fully saturated rings. The number of hydrogen-bond acceptors (Lipinski definition) is 3. The lowest BCUT2D eigenvalue weighted by Gasteiger charge is -2.33. The highest BCUT2D eigenvalue weighted by molar-refractivity contribution is 5.92. The molecule has 0 radical (unpaired) electrons. The van der Waals surface area contributed by atoms with Gasteiger partial charge in [0.2, 0.25) is 0 Å². The van der Waals surface area contributed by atoms with Crippen LogP contribution in [0.25, 0.3) is 0 Å². The molecule has 5 nitrogen and oxygen atoms in total. The van der Waals surface area contributed by atoms with Gasteiger partial charge in [-0.05, 0) is 43.9 Å². The van der Waals surface area contributed by atoms with Crippen LogP contribution >= 0.6 is 0 Å². The molecule has 2 aliphatic rings. The van der Waals surface area contributed by atoms with Crippen molar-refractivity contribution in [3.63, 3.8) is 0 Å². The minimum Gasteiger partial charge on any atom is -0.334 e. The zero-order valence-electron chi connectivity index (χ0n) is 14.6. The summed E-state index contributed by atoms with van der Waals surface area (Å²) in [6, 6.07) is 0.434. The van der Waals surface area contributed by atoms with Crippen LogP contribution in [0.5, 0.6) is 0 Å². The molecule has 3 rings (SSSR count). The van der Waals surface area contributed by atoms with Gasteiger partial charge in [0.1, 0.15) is 0 Å². The Balaban J connectivity index is 1.64. The van der Waals surface area contributed by atoms with E-state index in [0.717, 1.165) is 32.4 Å². The zero-order valence-corrected chi connectivity index (χ0v) is 14.6. The minimum absolute atomic E-state index is 0.0915. The van der Waals surface area contributed by atoms with E-state index in [9.17, 15) is 4.79 Å². The number of amides is 1. The predicted octanol–water partition coefficient (Wildman–Crippen LogP) is 3.51. The molecule has 1 amide bonds. The van der Waals surface area contributed by atoms with Crippen molar-refractivity contribution in [1.29, 1.82) is 0 Å². The summed E-state index contributed by atoms with van der Waals surface area (Å²) in [6.07, 6.45) is 11.8. The van der Waals surface area contributed by atoms with Crippen LogP contribution in [-0.4, -0.2) is 38.4 Å². The van der Waals surface area contributed by atoms with E-state index in [-0.39, 0.29) is 5.91 Å². The topological polar surface area (TPSA) is 51.0 Å². The monoisotopic (exact) mass is 318 g/mol. The second-order valence-electron chi connectivity index (χ2n) is 7.66. The molecule has 0 aromatic carbocycles. The first kappa shape index (κ1) is 16.5. The van der Waals surface area contributed by atoms with Gasteiger partial charge >= 0.3 is 0 Å². The average molecular weight is 318 g/mol. The molecule has 23 heavy (non-hydrogen) atoms. The van der Waals surface area contributed by atoms with Gasteiger partial charge in [0.25, 0.3) is 5.91 Å². The van der Waals surface area contributed by atoms with Crippen LogP contribution in [0.3, 0.4) is 0 Å². The second kappa shape index (κ2) is 7.45. The SMILES string of the molecule is CC(C)CCn1cc(C(=O)N2CCC[C@@H]2C2CCCCC2)nn1. The van der Waals surface area contributed by atoms with Crippen molar-refractivity contribution >= 4 is 5.91 Å². The molecular weight excluding hydrogens is 288 g/mol. The summed E-state index contributed by atoms with van der Waals surface area (Å²) < 4.78 is 1.82. The molecule has 0 spiro atoms. The molecule has 128 valence electrons. The average Bonchev–Trinajstić information content (AvgIpc) is 3.22. The predicted molar refractivity (Wildman–Crippen MR) is 90.1 cm³/mol. The van der Waals surface area contributed by atoms with Crippen molar-refractivity contribution in [2.75, 3.05) is 6.54 Å². The summed E-state index contributed by atoms with van der Waals surface area (Å²) in [5, 5.41) is 8.28. The maximum absolute atomic E-state index is 12.9. The van der Waals surface area contributed by atoms with Crippen LogP contribution in [0.2, 0.25) is 0 Å². The molecule has 1 atom stereocenters. The smallest absolute Gasteiger partial charge is 0.276 e. The van der Waals surface area contributed by atoms with Crippen LogP contribution in [0.4, 0.5) is 0 Å². The fraction of sp³-hybridized carbons (Fsp3) is 0.833. The highest BCUT2D eigenvalue weighted by Gasteiger charge is 2.36. The Bertz CT molecular complexity index is 519. The van der Waals surface area contributed by atoms with Gasteiger partial charge in [-0.1, -0.05) is 38.3 Å². The van der Waals surface area contributed by atoms with Gasteiger partial charge in [-0.25, -0.2) is 0 Å². The molecule has 0 bridgehead atoms. The molecule has 1 aliphatic carbocycles. The number of carbonyl (C=O) groups is 1. The van der Waals surface area contributed by atoms with E-state index in [1.165, 1.54) is 32.1 Å². The molecule has 0 unspecified atom stereocenters. The Hall–Kier alpha value is -1.39. The Labute approximate surface area is 139 Å². The lowest BCUT2D eigenvalue weighted by Crippen LogP contribution is -2.41. The van der Waals surface area contributed by atoms with Crippen molar-refractivity contribution in [2.45, 2.75) is 77.8 Å². The van der Waals surface area contributed by atoms with Gasteiger partial charge in [0.05, 0.1) is 6.20 Å². The maximum Gasteiger partial charge on any atom is 0.276 e. The van der Waals surface area contributed by atoms with Crippen molar-refractivity contribution in [2.24, 2.45) is 11.8 Å². The Morgan fingerprint density at radius 1 is 1.22 bits per heavy atom. The van der Waals surface area contributed by atoms with Crippen molar-refractivity contribution in [3.8, 4) is 0 Å². The van der Waals surface area contributed by atoms with Gasteiger partial charge < -0.3 is 4.90 Å². The second-order valence-corrected chi connectivity index (χ2v) is 7.66. The first-order valence-electron chi connectivity index (χ1n) is 9.36. The number of aryl methyl sites for hydroxylation is 1. The van der Waals surface area contributed by atoms with Crippen LogP contribution < -0.4 is 0 Å². The quantitative estimate of drug-likeness (QED) is 0.835. The summed E-state index contributed by atoms with van der Waals surface area (Å²) in [5.41, 5.74) is 0.525. The number of aromatic nitrogens is 3. The molecule has 5 heteroatoms. The standard InChI is InChI=1S/C18H30N4O/c1-14(2)10-12-21-13-16(19-20-21)18(23)22-11-6-9-17(22)15-7-4-3-5-8-15/h13-15,17H,3-12H2,1-2H3/t17-/m1/s1. The third kappa shape index (κ3) is 3.93. The van der Waals surface area contributed by atoms with E-state index in [1.54, 1.807) is 0 Å². The highest BCUT2D eigenvalue weighted by atomic mass is 16.2. The van der Waals surface area contributed by atoms with Crippen LogP contribution in [0, 0.1) is 11.8 Å². The molecule has 1 aromatic heterocycles. The lowest BCUT2D eigenvalue weighted by molar-refractivity contribution is 0.0655. The van der Waals surface area contributed by atoms with Crippen molar-refractivity contribution < 1.29 is 4.79 Å². The number of carbonyl (C=O) groups excluding carboxylic acids is 1.